The highest BCUT2D eigenvalue weighted by Crippen LogP contribution is 1.92. The summed E-state index contributed by atoms with van der Waals surface area (Å²) in [5.74, 6) is 6.24. The molecule has 1 aromatic heterocycles. The highest BCUT2D eigenvalue weighted by atomic mass is 15.6. The first kappa shape index (κ1) is 7.54. The van der Waals surface area contributed by atoms with Crippen LogP contribution in [0.3, 0.4) is 0 Å². The minimum absolute atomic E-state index is 0.574. The summed E-state index contributed by atoms with van der Waals surface area (Å²) in [5, 5.41) is 13.8. The number of anilines is 1. The lowest BCUT2D eigenvalue weighted by molar-refractivity contribution is 0.714. The third-order valence-corrected chi connectivity index (χ3v) is 1.13. The van der Waals surface area contributed by atoms with Gasteiger partial charge in [-0.15, -0.1) is 5.92 Å². The molecule has 0 aromatic carbocycles. The zero-order valence-electron chi connectivity index (χ0n) is 6.50. The molecule has 0 amide bonds. The summed E-state index contributed by atoms with van der Waals surface area (Å²) >= 11 is 0. The zero-order valence-corrected chi connectivity index (χ0v) is 6.50. The van der Waals surface area contributed by atoms with Crippen LogP contribution in [0.2, 0.25) is 0 Å². The van der Waals surface area contributed by atoms with Crippen molar-refractivity contribution >= 4 is 5.95 Å². The lowest BCUT2D eigenvalue weighted by atomic mass is 10.6. The Labute approximate surface area is 64.8 Å². The van der Waals surface area contributed by atoms with E-state index in [9.17, 15) is 0 Å². The normalized spacial score (nSPS) is 8.55. The molecule has 0 spiro atoms. The summed E-state index contributed by atoms with van der Waals surface area (Å²) in [6.45, 7) is 2.36. The van der Waals surface area contributed by atoms with Crippen molar-refractivity contribution in [3.63, 3.8) is 0 Å². The van der Waals surface area contributed by atoms with Crippen molar-refractivity contribution in [1.29, 1.82) is 0 Å². The first-order chi connectivity index (χ1) is 5.34. The highest BCUT2D eigenvalue weighted by molar-refractivity contribution is 5.24. The third-order valence-electron chi connectivity index (χ3n) is 1.13. The number of nitrogens with zero attached hydrogens (tertiary/aromatic N) is 4. The fraction of sp³-hybridized carbons (Fsp3) is 0.500. The monoisotopic (exact) mass is 151 g/mol. The second-order valence-corrected chi connectivity index (χ2v) is 1.91. The van der Waals surface area contributed by atoms with Crippen molar-refractivity contribution < 1.29 is 0 Å². The van der Waals surface area contributed by atoms with Gasteiger partial charge in [-0.05, 0) is 17.4 Å². The lowest BCUT2D eigenvalue weighted by Crippen LogP contribution is -2.05. The van der Waals surface area contributed by atoms with Gasteiger partial charge < -0.3 is 5.32 Å². The number of hydrogen-bond donors (Lipinski definition) is 1. The van der Waals surface area contributed by atoms with Crippen LogP contribution in [0.4, 0.5) is 5.95 Å². The van der Waals surface area contributed by atoms with Gasteiger partial charge in [0.15, 0.2) is 0 Å². The summed E-state index contributed by atoms with van der Waals surface area (Å²) in [6.07, 6.45) is 0. The standard InChI is InChI=1S/C6H9N5/c1-3-4-5-7-6-8-9-10-11(6)2/h5H2,1-2H3,(H,7,8,10). The van der Waals surface area contributed by atoms with Crippen molar-refractivity contribution in [2.45, 2.75) is 6.92 Å². The Morgan fingerprint density at radius 3 is 3.00 bits per heavy atom. The van der Waals surface area contributed by atoms with E-state index in [4.69, 9.17) is 0 Å². The van der Waals surface area contributed by atoms with E-state index in [2.05, 4.69) is 32.7 Å². The Kier molecular flexibility index (Phi) is 2.44. The molecule has 0 aliphatic carbocycles. The van der Waals surface area contributed by atoms with Crippen LogP contribution in [0.15, 0.2) is 0 Å². The van der Waals surface area contributed by atoms with E-state index in [1.165, 1.54) is 0 Å². The second kappa shape index (κ2) is 3.56. The van der Waals surface area contributed by atoms with E-state index in [-0.39, 0.29) is 0 Å². The molecule has 1 rings (SSSR count). The van der Waals surface area contributed by atoms with Crippen LogP contribution in [0.25, 0.3) is 0 Å². The maximum absolute atomic E-state index is 3.71. The summed E-state index contributed by atoms with van der Waals surface area (Å²) < 4.78 is 1.55. The minimum Gasteiger partial charge on any atom is -0.342 e. The number of aromatic nitrogens is 4. The van der Waals surface area contributed by atoms with Gasteiger partial charge in [-0.3, -0.25) is 0 Å². The molecule has 5 heteroatoms. The van der Waals surface area contributed by atoms with E-state index in [0.29, 0.717) is 12.5 Å². The van der Waals surface area contributed by atoms with E-state index < -0.39 is 0 Å². The van der Waals surface area contributed by atoms with Crippen LogP contribution in [0.1, 0.15) is 6.92 Å². The Hall–Kier alpha value is -1.57. The molecular weight excluding hydrogens is 142 g/mol. The molecule has 0 saturated carbocycles. The summed E-state index contributed by atoms with van der Waals surface area (Å²) in [7, 11) is 1.77. The van der Waals surface area contributed by atoms with Crippen LogP contribution in [-0.2, 0) is 7.05 Å². The summed E-state index contributed by atoms with van der Waals surface area (Å²) in [6, 6.07) is 0. The maximum atomic E-state index is 3.71. The van der Waals surface area contributed by atoms with Crippen LogP contribution in [0.5, 0.6) is 0 Å². The molecule has 0 unspecified atom stereocenters. The zero-order chi connectivity index (χ0) is 8.10. The van der Waals surface area contributed by atoms with Gasteiger partial charge in [0.25, 0.3) is 0 Å². The smallest absolute Gasteiger partial charge is 0.243 e. The summed E-state index contributed by atoms with van der Waals surface area (Å²) in [4.78, 5) is 0. The van der Waals surface area contributed by atoms with E-state index in [0.717, 1.165) is 0 Å². The number of aryl methyl sites for hydroxylation is 1. The summed E-state index contributed by atoms with van der Waals surface area (Å²) in [5.41, 5.74) is 0. The molecule has 0 bridgehead atoms. The van der Waals surface area contributed by atoms with Gasteiger partial charge in [-0.2, -0.15) is 0 Å². The molecule has 11 heavy (non-hydrogen) atoms. The van der Waals surface area contributed by atoms with Crippen molar-refractivity contribution in [2.24, 2.45) is 7.05 Å². The van der Waals surface area contributed by atoms with Crippen LogP contribution < -0.4 is 5.32 Å². The van der Waals surface area contributed by atoms with Crippen LogP contribution >= 0.6 is 0 Å². The average molecular weight is 151 g/mol. The average Bonchev–Trinajstić information content (AvgIpc) is 2.37. The number of nitrogens with one attached hydrogen (secondary N) is 1. The van der Waals surface area contributed by atoms with Crippen molar-refractivity contribution in [2.75, 3.05) is 11.9 Å². The van der Waals surface area contributed by atoms with Crippen LogP contribution in [-0.4, -0.2) is 26.8 Å². The Balaban J connectivity index is 2.48. The Bertz CT molecular complexity index is 279. The molecule has 0 atom stereocenters. The number of rotatable bonds is 2. The van der Waals surface area contributed by atoms with Crippen molar-refractivity contribution in [3.8, 4) is 11.8 Å². The minimum atomic E-state index is 0.574. The van der Waals surface area contributed by atoms with E-state index in [1.54, 1.807) is 18.7 Å². The molecule has 0 radical (unpaired) electrons. The SMILES string of the molecule is CC#CCNc1nnnn1C. The molecule has 5 nitrogen and oxygen atoms in total. The topological polar surface area (TPSA) is 55.6 Å². The first-order valence-corrected chi connectivity index (χ1v) is 3.20. The Morgan fingerprint density at radius 1 is 1.64 bits per heavy atom. The predicted molar refractivity (Wildman–Crippen MR) is 40.7 cm³/mol. The molecule has 0 aliphatic rings. The van der Waals surface area contributed by atoms with Gasteiger partial charge in [0.2, 0.25) is 5.95 Å². The van der Waals surface area contributed by atoms with Gasteiger partial charge in [0, 0.05) is 7.05 Å². The fourth-order valence-corrected chi connectivity index (χ4v) is 0.591. The van der Waals surface area contributed by atoms with E-state index in [1.807, 2.05) is 0 Å². The van der Waals surface area contributed by atoms with Gasteiger partial charge in [0.1, 0.15) is 0 Å². The largest absolute Gasteiger partial charge is 0.342 e. The van der Waals surface area contributed by atoms with Gasteiger partial charge >= 0.3 is 0 Å². The van der Waals surface area contributed by atoms with E-state index >= 15 is 0 Å². The quantitative estimate of drug-likeness (QED) is 0.587. The van der Waals surface area contributed by atoms with Gasteiger partial charge in [0.05, 0.1) is 6.54 Å². The molecular formula is C6H9N5. The molecule has 1 aromatic rings. The molecule has 0 saturated heterocycles. The predicted octanol–water partition coefficient (Wildman–Crippen LogP) is -0.355. The van der Waals surface area contributed by atoms with Crippen LogP contribution in [0, 0.1) is 11.8 Å². The number of hydrogen-bond acceptors (Lipinski definition) is 4. The fourth-order valence-electron chi connectivity index (χ4n) is 0.591. The molecule has 0 aliphatic heterocycles. The molecule has 58 valence electrons. The van der Waals surface area contributed by atoms with Crippen molar-refractivity contribution in [3.05, 3.63) is 0 Å². The second-order valence-electron chi connectivity index (χ2n) is 1.91. The van der Waals surface area contributed by atoms with Crippen molar-refractivity contribution in [1.82, 2.24) is 20.2 Å². The Morgan fingerprint density at radius 2 is 2.45 bits per heavy atom. The third kappa shape index (κ3) is 1.93. The molecule has 1 heterocycles. The van der Waals surface area contributed by atoms with Gasteiger partial charge in [-0.1, -0.05) is 11.0 Å². The number of tetrazole rings is 1. The first-order valence-electron chi connectivity index (χ1n) is 3.20. The van der Waals surface area contributed by atoms with Gasteiger partial charge in [-0.25, -0.2) is 4.68 Å². The lowest BCUT2D eigenvalue weighted by Gasteiger charge is -1.96. The maximum Gasteiger partial charge on any atom is 0.243 e. The molecule has 0 fully saturated rings. The molecule has 1 N–H and O–H groups in total. The highest BCUT2D eigenvalue weighted by Gasteiger charge is 1.96.